The molecule has 0 aromatic heterocycles. The highest BCUT2D eigenvalue weighted by Gasteiger charge is 2.30. The average molecular weight is 492 g/mol. The van der Waals surface area contributed by atoms with E-state index in [0.29, 0.717) is 34.7 Å². The van der Waals surface area contributed by atoms with Crippen molar-refractivity contribution in [2.24, 2.45) is 0 Å². The van der Waals surface area contributed by atoms with Crippen LogP contribution in [0.3, 0.4) is 0 Å². The molecule has 1 fully saturated rings. The van der Waals surface area contributed by atoms with Gasteiger partial charge in [0.1, 0.15) is 29.0 Å². The second-order valence-corrected chi connectivity index (χ2v) is 9.12. The lowest BCUT2D eigenvalue weighted by atomic mass is 10.1. The first-order valence-electron chi connectivity index (χ1n) is 9.27. The summed E-state index contributed by atoms with van der Waals surface area (Å²) < 4.78 is 13.4. The molecule has 3 rings (SSSR count). The molecular weight excluding hydrogens is 470 g/mol. The highest BCUT2D eigenvalue weighted by atomic mass is 79.9. The molecule has 0 spiro atoms. The summed E-state index contributed by atoms with van der Waals surface area (Å²) in [6.45, 7) is 7.37. The lowest BCUT2D eigenvalue weighted by Gasteiger charge is -2.14. The molecule has 1 heterocycles. The molecule has 1 saturated heterocycles. The number of amides is 1. The van der Waals surface area contributed by atoms with Crippen LogP contribution in [0.25, 0.3) is 6.08 Å². The SMILES string of the molecule is CCN1C(=O)/C(=C/c2cc(Br)ccc2OCCOc2c(C)cccc2C)SC1=S. The summed E-state index contributed by atoms with van der Waals surface area (Å²) in [5.74, 6) is 1.53. The van der Waals surface area contributed by atoms with E-state index in [2.05, 4.69) is 15.9 Å². The van der Waals surface area contributed by atoms with Gasteiger partial charge in [-0.05, 0) is 56.2 Å². The Balaban J connectivity index is 1.70. The molecule has 0 saturated carbocycles. The van der Waals surface area contributed by atoms with E-state index in [1.165, 1.54) is 11.8 Å². The zero-order valence-electron chi connectivity index (χ0n) is 16.5. The number of para-hydroxylation sites is 1. The van der Waals surface area contributed by atoms with Gasteiger partial charge in [0, 0.05) is 16.6 Å². The predicted molar refractivity (Wildman–Crippen MR) is 127 cm³/mol. The highest BCUT2D eigenvalue weighted by Crippen LogP contribution is 2.35. The Labute approximate surface area is 189 Å². The minimum absolute atomic E-state index is 0.0632. The number of nitrogens with zero attached hydrogens (tertiary/aromatic N) is 1. The number of halogens is 1. The molecule has 0 atom stereocenters. The predicted octanol–water partition coefficient (Wildman–Crippen LogP) is 5.74. The first kappa shape index (κ1) is 21.9. The van der Waals surface area contributed by atoms with Crippen molar-refractivity contribution in [3.8, 4) is 11.5 Å². The normalized spacial score (nSPS) is 15.3. The Morgan fingerprint density at radius 3 is 2.48 bits per heavy atom. The molecule has 2 aromatic carbocycles. The molecule has 0 unspecified atom stereocenters. The zero-order valence-corrected chi connectivity index (χ0v) is 19.7. The Kier molecular flexibility index (Phi) is 7.38. The molecule has 7 heteroatoms. The lowest BCUT2D eigenvalue weighted by molar-refractivity contribution is -0.121. The molecule has 152 valence electrons. The molecule has 0 N–H and O–H groups in total. The van der Waals surface area contributed by atoms with Crippen molar-refractivity contribution < 1.29 is 14.3 Å². The van der Waals surface area contributed by atoms with Gasteiger partial charge in [0.15, 0.2) is 0 Å². The minimum Gasteiger partial charge on any atom is -0.489 e. The number of hydrogen-bond acceptors (Lipinski definition) is 5. The molecule has 2 aromatic rings. The fourth-order valence-electron chi connectivity index (χ4n) is 3.00. The average Bonchev–Trinajstić information content (AvgIpc) is 2.94. The maximum Gasteiger partial charge on any atom is 0.266 e. The third-order valence-electron chi connectivity index (χ3n) is 4.44. The van der Waals surface area contributed by atoms with Crippen LogP contribution < -0.4 is 9.47 Å². The maximum absolute atomic E-state index is 12.5. The van der Waals surface area contributed by atoms with Crippen LogP contribution in [0, 0.1) is 13.8 Å². The van der Waals surface area contributed by atoms with Crippen molar-refractivity contribution >= 4 is 56.2 Å². The molecule has 29 heavy (non-hydrogen) atoms. The standard InChI is InChI=1S/C22H22BrNO3S2/c1-4-24-21(25)19(29-22(24)28)13-16-12-17(23)8-9-18(16)26-10-11-27-20-14(2)6-5-7-15(20)3/h5-9,12-13H,4,10-11H2,1-3H3/b19-13-. The minimum atomic E-state index is -0.0632. The number of carbonyl (C=O) groups excluding carboxylic acids is 1. The third kappa shape index (κ3) is 5.21. The first-order valence-corrected chi connectivity index (χ1v) is 11.3. The molecular formula is C22H22BrNO3S2. The molecule has 0 radical (unpaired) electrons. The van der Waals surface area contributed by atoms with Crippen LogP contribution >= 0.6 is 39.9 Å². The summed E-state index contributed by atoms with van der Waals surface area (Å²) in [4.78, 5) is 14.7. The molecule has 4 nitrogen and oxygen atoms in total. The van der Waals surface area contributed by atoms with Crippen LogP contribution in [0.1, 0.15) is 23.6 Å². The van der Waals surface area contributed by atoms with Crippen LogP contribution in [-0.4, -0.2) is 34.9 Å². The fraction of sp³-hybridized carbons (Fsp3) is 0.273. The van der Waals surface area contributed by atoms with E-state index in [4.69, 9.17) is 21.7 Å². The van der Waals surface area contributed by atoms with E-state index in [9.17, 15) is 4.79 Å². The molecule has 1 amide bonds. The highest BCUT2D eigenvalue weighted by molar-refractivity contribution is 9.10. The molecule has 1 aliphatic heterocycles. The van der Waals surface area contributed by atoms with Gasteiger partial charge in [0.2, 0.25) is 0 Å². The van der Waals surface area contributed by atoms with Crippen molar-refractivity contribution in [3.63, 3.8) is 0 Å². The van der Waals surface area contributed by atoms with E-state index in [1.807, 2.05) is 63.2 Å². The number of hydrogen-bond donors (Lipinski definition) is 0. The Bertz CT molecular complexity index is 954. The largest absolute Gasteiger partial charge is 0.489 e. The van der Waals surface area contributed by atoms with E-state index in [-0.39, 0.29) is 5.91 Å². The Hall–Kier alpha value is -1.83. The number of thioether (sulfide) groups is 1. The van der Waals surface area contributed by atoms with Crippen LogP contribution in [0.4, 0.5) is 0 Å². The van der Waals surface area contributed by atoms with Gasteiger partial charge in [-0.3, -0.25) is 9.69 Å². The van der Waals surface area contributed by atoms with Gasteiger partial charge < -0.3 is 9.47 Å². The van der Waals surface area contributed by atoms with Crippen molar-refractivity contribution in [2.75, 3.05) is 19.8 Å². The van der Waals surface area contributed by atoms with Gasteiger partial charge in [-0.15, -0.1) is 0 Å². The fourth-order valence-corrected chi connectivity index (χ4v) is 4.75. The Morgan fingerprint density at radius 1 is 1.14 bits per heavy atom. The van der Waals surface area contributed by atoms with Gasteiger partial charge in [0.05, 0.1) is 4.91 Å². The first-order chi connectivity index (χ1) is 13.9. The van der Waals surface area contributed by atoms with Gasteiger partial charge in [-0.1, -0.05) is 58.1 Å². The van der Waals surface area contributed by atoms with Crippen molar-refractivity contribution in [3.05, 3.63) is 62.5 Å². The van der Waals surface area contributed by atoms with Gasteiger partial charge in [-0.25, -0.2) is 0 Å². The Morgan fingerprint density at radius 2 is 1.83 bits per heavy atom. The zero-order chi connectivity index (χ0) is 21.0. The van der Waals surface area contributed by atoms with Crippen molar-refractivity contribution in [1.29, 1.82) is 0 Å². The summed E-state index contributed by atoms with van der Waals surface area (Å²) in [7, 11) is 0. The second-order valence-electron chi connectivity index (χ2n) is 6.53. The molecule has 0 aliphatic carbocycles. The van der Waals surface area contributed by atoms with Gasteiger partial charge >= 0.3 is 0 Å². The topological polar surface area (TPSA) is 38.8 Å². The third-order valence-corrected chi connectivity index (χ3v) is 6.32. The summed E-state index contributed by atoms with van der Waals surface area (Å²) in [5.41, 5.74) is 3.03. The second kappa shape index (κ2) is 9.78. The number of carbonyl (C=O) groups is 1. The summed E-state index contributed by atoms with van der Waals surface area (Å²) in [6.07, 6.45) is 1.83. The lowest BCUT2D eigenvalue weighted by Crippen LogP contribution is -2.27. The van der Waals surface area contributed by atoms with Gasteiger partial charge in [-0.2, -0.15) is 0 Å². The van der Waals surface area contributed by atoms with Crippen LogP contribution in [0.5, 0.6) is 11.5 Å². The number of aryl methyl sites for hydroxylation is 2. The molecule has 0 bridgehead atoms. The number of thiocarbonyl (C=S) groups is 1. The van der Waals surface area contributed by atoms with Crippen molar-refractivity contribution in [1.82, 2.24) is 4.90 Å². The van der Waals surface area contributed by atoms with E-state index < -0.39 is 0 Å². The maximum atomic E-state index is 12.5. The number of benzene rings is 2. The van der Waals surface area contributed by atoms with Gasteiger partial charge in [0.25, 0.3) is 5.91 Å². The monoisotopic (exact) mass is 491 g/mol. The number of ether oxygens (including phenoxy) is 2. The summed E-state index contributed by atoms with van der Waals surface area (Å²) in [6, 6.07) is 11.8. The number of rotatable bonds is 7. The van der Waals surface area contributed by atoms with E-state index >= 15 is 0 Å². The van der Waals surface area contributed by atoms with E-state index in [0.717, 1.165) is 26.9 Å². The smallest absolute Gasteiger partial charge is 0.266 e. The number of likely N-dealkylation sites (N-methyl/N-ethyl adjacent to an activating group) is 1. The summed E-state index contributed by atoms with van der Waals surface area (Å²) in [5, 5.41) is 0. The van der Waals surface area contributed by atoms with Crippen molar-refractivity contribution in [2.45, 2.75) is 20.8 Å². The van der Waals surface area contributed by atoms with E-state index in [1.54, 1.807) is 4.90 Å². The molecule has 1 aliphatic rings. The quantitative estimate of drug-likeness (QED) is 0.280. The van der Waals surface area contributed by atoms with Crippen LogP contribution in [0.15, 0.2) is 45.8 Å². The van der Waals surface area contributed by atoms with Crippen LogP contribution in [-0.2, 0) is 4.79 Å². The summed E-state index contributed by atoms with van der Waals surface area (Å²) >= 11 is 10.1. The van der Waals surface area contributed by atoms with Crippen LogP contribution in [0.2, 0.25) is 0 Å².